The molecule has 0 aromatic heterocycles. The van der Waals surface area contributed by atoms with Crippen LogP contribution < -0.4 is 6.15 Å². The Hall–Kier alpha value is 0.210. The van der Waals surface area contributed by atoms with Gasteiger partial charge >= 0.3 is 0 Å². The highest BCUT2D eigenvalue weighted by molar-refractivity contribution is 5.85. The van der Waals surface area contributed by atoms with Crippen LogP contribution in [0.2, 0.25) is 0 Å². The molecular weight excluding hydrogens is 424 g/mol. The lowest BCUT2D eigenvalue weighted by atomic mass is 10.0. The van der Waals surface area contributed by atoms with E-state index in [1.807, 2.05) is 0 Å². The van der Waals surface area contributed by atoms with E-state index < -0.39 is 0 Å². The summed E-state index contributed by atoms with van der Waals surface area (Å²) in [5.41, 5.74) is 0. The summed E-state index contributed by atoms with van der Waals surface area (Å²) in [5.74, 6) is 0. The third-order valence-corrected chi connectivity index (χ3v) is 7.04. The fourth-order valence-corrected chi connectivity index (χ4v) is 4.73. The number of hydrogen-bond donors (Lipinski definition) is 1. The molecule has 0 aromatic carbocycles. The highest BCUT2D eigenvalue weighted by atomic mass is 35.5. The van der Waals surface area contributed by atoms with Crippen molar-refractivity contribution in [2.24, 2.45) is 0 Å². The molecule has 0 fully saturated rings. The van der Waals surface area contributed by atoms with E-state index in [1.54, 1.807) is 0 Å². The standard InChI is InChI=1S/C30H63N.ClH.H3N/c1-4-6-8-10-12-14-16-17-18-19-20-22-24-26-28-30-31(3)29-27-25-23-21-15-13-11-9-7-5-2;;/h4-30H2,1-3H3;1H;1H3. The maximum atomic E-state index is 2.58. The van der Waals surface area contributed by atoms with Crippen molar-refractivity contribution < 1.29 is 0 Å². The van der Waals surface area contributed by atoms with Crippen molar-refractivity contribution in [1.82, 2.24) is 11.1 Å². The Morgan fingerprint density at radius 2 is 0.515 bits per heavy atom. The quantitative estimate of drug-likeness (QED) is 0.116. The third-order valence-electron chi connectivity index (χ3n) is 7.04. The van der Waals surface area contributed by atoms with Gasteiger partial charge < -0.3 is 11.1 Å². The largest absolute Gasteiger partial charge is 0.344 e. The molecule has 0 saturated carbocycles. The molecule has 0 rings (SSSR count). The van der Waals surface area contributed by atoms with Gasteiger partial charge in [-0.15, -0.1) is 12.4 Å². The summed E-state index contributed by atoms with van der Waals surface area (Å²) in [7, 11) is 2.33. The summed E-state index contributed by atoms with van der Waals surface area (Å²) in [5, 5.41) is 0. The molecule has 0 aliphatic heterocycles. The van der Waals surface area contributed by atoms with E-state index in [0.29, 0.717) is 0 Å². The van der Waals surface area contributed by atoms with E-state index in [9.17, 15) is 0 Å². The number of halogens is 1. The van der Waals surface area contributed by atoms with Crippen molar-refractivity contribution in [2.75, 3.05) is 20.1 Å². The molecule has 0 aromatic rings. The molecule has 2 nitrogen and oxygen atoms in total. The molecule has 0 spiro atoms. The molecule has 0 bridgehead atoms. The Kier molecular flexibility index (Phi) is 39.3. The average molecular weight is 491 g/mol. The van der Waals surface area contributed by atoms with Crippen LogP contribution in [0.15, 0.2) is 0 Å². The van der Waals surface area contributed by atoms with E-state index in [2.05, 4.69) is 25.8 Å². The van der Waals surface area contributed by atoms with Crippen molar-refractivity contribution in [3.8, 4) is 0 Å². The number of nitrogens with zero attached hydrogens (tertiary/aromatic N) is 1. The number of rotatable bonds is 27. The van der Waals surface area contributed by atoms with Gasteiger partial charge in [0.2, 0.25) is 0 Å². The number of unbranched alkanes of at least 4 members (excludes halogenated alkanes) is 23. The van der Waals surface area contributed by atoms with E-state index in [-0.39, 0.29) is 18.6 Å². The summed E-state index contributed by atoms with van der Waals surface area (Å²) < 4.78 is 0. The van der Waals surface area contributed by atoms with E-state index in [4.69, 9.17) is 0 Å². The van der Waals surface area contributed by atoms with Crippen molar-refractivity contribution in [3.05, 3.63) is 0 Å². The van der Waals surface area contributed by atoms with Crippen LogP contribution in [0.25, 0.3) is 0 Å². The van der Waals surface area contributed by atoms with Gasteiger partial charge in [-0.2, -0.15) is 0 Å². The Morgan fingerprint density at radius 1 is 0.333 bits per heavy atom. The molecule has 0 radical (unpaired) electrons. The molecule has 0 unspecified atom stereocenters. The summed E-state index contributed by atoms with van der Waals surface area (Å²) >= 11 is 0. The minimum absolute atomic E-state index is 0. The Labute approximate surface area is 217 Å². The summed E-state index contributed by atoms with van der Waals surface area (Å²) in [6.45, 7) is 7.24. The summed E-state index contributed by atoms with van der Waals surface area (Å²) in [4.78, 5) is 2.58. The third kappa shape index (κ3) is 34.5. The van der Waals surface area contributed by atoms with Crippen LogP contribution in [0.3, 0.4) is 0 Å². The lowest BCUT2D eigenvalue weighted by Crippen LogP contribution is -2.20. The second kappa shape index (κ2) is 34.4. The molecule has 0 saturated heterocycles. The van der Waals surface area contributed by atoms with Crippen LogP contribution >= 0.6 is 12.4 Å². The van der Waals surface area contributed by atoms with Crippen molar-refractivity contribution in [2.45, 2.75) is 174 Å². The SMILES string of the molecule is CCCCCCCCCCCCCCCCCN(C)CCCCCCCCCCCC.Cl.N. The van der Waals surface area contributed by atoms with Gasteiger partial charge in [0.25, 0.3) is 0 Å². The number of hydrogen-bond acceptors (Lipinski definition) is 2. The van der Waals surface area contributed by atoms with Gasteiger partial charge in [-0.1, -0.05) is 162 Å². The van der Waals surface area contributed by atoms with Gasteiger partial charge in [-0.25, -0.2) is 0 Å². The first-order valence-electron chi connectivity index (χ1n) is 15.0. The summed E-state index contributed by atoms with van der Waals surface area (Å²) in [6.07, 6.45) is 36.4. The predicted octanol–water partition coefficient (Wildman–Crippen LogP) is 11.3. The highest BCUT2D eigenvalue weighted by Gasteiger charge is 1.99. The van der Waals surface area contributed by atoms with Crippen molar-refractivity contribution in [1.29, 1.82) is 0 Å². The Balaban J connectivity index is -0.00000450. The first kappa shape index (κ1) is 37.8. The molecule has 3 heteroatoms. The molecular formula is C30H67ClN2. The topological polar surface area (TPSA) is 38.2 Å². The zero-order valence-electron chi connectivity index (χ0n) is 23.7. The zero-order chi connectivity index (χ0) is 22.7. The molecule has 0 heterocycles. The fourth-order valence-electron chi connectivity index (χ4n) is 4.73. The van der Waals surface area contributed by atoms with Crippen molar-refractivity contribution >= 4 is 12.4 Å². The van der Waals surface area contributed by atoms with Gasteiger partial charge in [0.05, 0.1) is 0 Å². The maximum Gasteiger partial charge on any atom is -0.00218 e. The van der Waals surface area contributed by atoms with E-state index in [1.165, 1.54) is 174 Å². The first-order valence-corrected chi connectivity index (χ1v) is 15.0. The van der Waals surface area contributed by atoms with Crippen LogP contribution in [0.1, 0.15) is 174 Å². The Morgan fingerprint density at radius 3 is 0.727 bits per heavy atom. The molecule has 0 aliphatic carbocycles. The van der Waals surface area contributed by atoms with Crippen LogP contribution in [0, 0.1) is 0 Å². The minimum Gasteiger partial charge on any atom is -0.344 e. The summed E-state index contributed by atoms with van der Waals surface area (Å²) in [6, 6.07) is 0. The molecule has 0 aliphatic rings. The second-order valence-corrected chi connectivity index (χ2v) is 10.4. The van der Waals surface area contributed by atoms with Crippen LogP contribution in [0.5, 0.6) is 0 Å². The molecule has 33 heavy (non-hydrogen) atoms. The van der Waals surface area contributed by atoms with Crippen LogP contribution in [0.4, 0.5) is 0 Å². The highest BCUT2D eigenvalue weighted by Crippen LogP contribution is 2.14. The van der Waals surface area contributed by atoms with Gasteiger partial charge in [-0.3, -0.25) is 0 Å². The first-order chi connectivity index (χ1) is 15.3. The van der Waals surface area contributed by atoms with Crippen LogP contribution in [-0.4, -0.2) is 25.0 Å². The minimum atomic E-state index is 0. The molecule has 3 N–H and O–H groups in total. The lowest BCUT2D eigenvalue weighted by molar-refractivity contribution is 0.314. The van der Waals surface area contributed by atoms with E-state index in [0.717, 1.165) is 0 Å². The van der Waals surface area contributed by atoms with Crippen molar-refractivity contribution in [3.63, 3.8) is 0 Å². The molecule has 0 atom stereocenters. The smallest absolute Gasteiger partial charge is 0.00218 e. The van der Waals surface area contributed by atoms with Gasteiger partial charge in [0.15, 0.2) is 0 Å². The van der Waals surface area contributed by atoms with Gasteiger partial charge in [-0.05, 0) is 33.0 Å². The Bertz CT molecular complexity index is 312. The predicted molar refractivity (Wildman–Crippen MR) is 157 cm³/mol. The normalized spacial score (nSPS) is 10.9. The monoisotopic (exact) mass is 490 g/mol. The average Bonchev–Trinajstić information content (AvgIpc) is 2.77. The second-order valence-electron chi connectivity index (χ2n) is 10.4. The van der Waals surface area contributed by atoms with E-state index >= 15 is 0 Å². The lowest BCUT2D eigenvalue weighted by Gasteiger charge is -2.16. The van der Waals surface area contributed by atoms with Gasteiger partial charge in [0.1, 0.15) is 0 Å². The van der Waals surface area contributed by atoms with Crippen LogP contribution in [-0.2, 0) is 0 Å². The fraction of sp³-hybridized carbons (Fsp3) is 1.00. The molecule has 0 amide bonds. The zero-order valence-corrected chi connectivity index (χ0v) is 24.5. The maximum absolute atomic E-state index is 2.58. The van der Waals surface area contributed by atoms with Gasteiger partial charge in [0, 0.05) is 0 Å². The molecule has 204 valence electrons.